The predicted molar refractivity (Wildman–Crippen MR) is 98.0 cm³/mol. The zero-order valence-electron chi connectivity index (χ0n) is 15.3. The Kier molecular flexibility index (Phi) is 5.73. The molecule has 1 aromatic heterocycles. The summed E-state index contributed by atoms with van der Waals surface area (Å²) in [6, 6.07) is 7.88. The maximum Gasteiger partial charge on any atom is 0.573 e. The van der Waals surface area contributed by atoms with Crippen molar-refractivity contribution in [2.45, 2.75) is 25.9 Å². The van der Waals surface area contributed by atoms with Crippen LogP contribution in [0.2, 0.25) is 0 Å². The Morgan fingerprint density at radius 1 is 1.29 bits per heavy atom. The Hall–Kier alpha value is -2.81. The molecule has 0 aliphatic carbocycles. The summed E-state index contributed by atoms with van der Waals surface area (Å²) in [5, 5.41) is 0. The first-order chi connectivity index (χ1) is 13.2. The molecular weight excluding hydrogens is 373 g/mol. The minimum atomic E-state index is -4.70. The minimum absolute atomic E-state index is 0.133. The number of halogens is 3. The summed E-state index contributed by atoms with van der Waals surface area (Å²) in [5.41, 5.74) is 7.25. The van der Waals surface area contributed by atoms with Crippen LogP contribution in [0.1, 0.15) is 22.8 Å². The number of ether oxygens (including phenoxy) is 1. The van der Waals surface area contributed by atoms with E-state index in [9.17, 15) is 18.0 Å². The molecule has 1 unspecified atom stereocenters. The number of nitrogens with two attached hydrogens (primary N) is 1. The van der Waals surface area contributed by atoms with Gasteiger partial charge in [-0.1, -0.05) is 12.1 Å². The van der Waals surface area contributed by atoms with Gasteiger partial charge in [-0.05, 0) is 30.7 Å². The number of amides is 1. The highest BCUT2D eigenvalue weighted by Crippen LogP contribution is 2.25. The predicted octanol–water partition coefficient (Wildman–Crippen LogP) is 2.79. The van der Waals surface area contributed by atoms with Crippen LogP contribution in [0.25, 0.3) is 0 Å². The molecule has 1 amide bonds. The number of primary amides is 1. The zero-order chi connectivity index (χ0) is 20.3. The molecule has 28 heavy (non-hydrogen) atoms. The van der Waals surface area contributed by atoms with Gasteiger partial charge in [0.1, 0.15) is 5.75 Å². The molecule has 1 saturated heterocycles. The number of aromatic nitrogens is 1. The number of carbonyl (C=O) groups excluding carboxylic acids is 1. The Morgan fingerprint density at radius 3 is 2.75 bits per heavy atom. The van der Waals surface area contributed by atoms with Gasteiger partial charge in [-0.2, -0.15) is 0 Å². The Labute approximate surface area is 160 Å². The summed E-state index contributed by atoms with van der Waals surface area (Å²) >= 11 is 0. The maximum atomic E-state index is 12.4. The molecule has 6 nitrogen and oxygen atoms in total. The Morgan fingerprint density at radius 2 is 2.07 bits per heavy atom. The third kappa shape index (κ3) is 5.13. The lowest BCUT2D eigenvalue weighted by atomic mass is 10.1. The number of piperazine rings is 1. The number of carbonyl (C=O) groups is 1. The van der Waals surface area contributed by atoms with Crippen LogP contribution in [-0.2, 0) is 6.54 Å². The Bertz CT molecular complexity index is 844. The topological polar surface area (TPSA) is 71.7 Å². The fourth-order valence-electron chi connectivity index (χ4n) is 3.38. The van der Waals surface area contributed by atoms with E-state index < -0.39 is 12.3 Å². The van der Waals surface area contributed by atoms with Gasteiger partial charge in [0.2, 0.25) is 5.91 Å². The molecule has 1 atom stereocenters. The minimum Gasteiger partial charge on any atom is -0.406 e. The van der Waals surface area contributed by atoms with Crippen molar-refractivity contribution in [2.75, 3.05) is 24.5 Å². The molecule has 2 N–H and O–H groups in total. The zero-order valence-corrected chi connectivity index (χ0v) is 15.3. The van der Waals surface area contributed by atoms with E-state index in [0.717, 1.165) is 17.8 Å². The molecule has 0 spiro atoms. The number of hydrogen-bond acceptors (Lipinski definition) is 5. The molecule has 150 valence electrons. The van der Waals surface area contributed by atoms with Gasteiger partial charge in [0.05, 0.1) is 17.4 Å². The van der Waals surface area contributed by atoms with Gasteiger partial charge in [-0.25, -0.2) is 0 Å². The third-order valence-corrected chi connectivity index (χ3v) is 4.59. The normalized spacial score (nSPS) is 18.1. The first-order valence-corrected chi connectivity index (χ1v) is 8.80. The third-order valence-electron chi connectivity index (χ3n) is 4.59. The second kappa shape index (κ2) is 8.05. The lowest BCUT2D eigenvalue weighted by Gasteiger charge is -2.41. The number of pyridine rings is 1. The lowest BCUT2D eigenvalue weighted by molar-refractivity contribution is -0.274. The molecule has 1 fully saturated rings. The molecule has 9 heteroatoms. The molecule has 2 aromatic rings. The van der Waals surface area contributed by atoms with Crippen molar-refractivity contribution in [3.05, 3.63) is 53.9 Å². The highest BCUT2D eigenvalue weighted by atomic mass is 19.4. The van der Waals surface area contributed by atoms with Gasteiger partial charge in [0, 0.05) is 38.4 Å². The number of hydrogen-bond donors (Lipinski definition) is 1. The molecule has 3 rings (SSSR count). The lowest BCUT2D eigenvalue weighted by Crippen LogP contribution is -2.51. The maximum absolute atomic E-state index is 12.4. The van der Waals surface area contributed by atoms with Gasteiger partial charge in [0.25, 0.3) is 0 Å². The monoisotopic (exact) mass is 394 g/mol. The number of benzene rings is 1. The average Bonchev–Trinajstić information content (AvgIpc) is 2.61. The second-order valence-corrected chi connectivity index (χ2v) is 6.77. The van der Waals surface area contributed by atoms with Gasteiger partial charge in [-0.3, -0.25) is 14.7 Å². The summed E-state index contributed by atoms with van der Waals surface area (Å²) in [4.78, 5) is 19.7. The highest BCUT2D eigenvalue weighted by molar-refractivity contribution is 5.93. The number of alkyl halides is 3. The van der Waals surface area contributed by atoms with Crippen molar-refractivity contribution in [3.63, 3.8) is 0 Å². The molecule has 0 radical (unpaired) electrons. The summed E-state index contributed by atoms with van der Waals surface area (Å²) in [5.74, 6) is -0.743. The number of anilines is 1. The van der Waals surface area contributed by atoms with Gasteiger partial charge < -0.3 is 15.4 Å². The van der Waals surface area contributed by atoms with Crippen LogP contribution in [0.5, 0.6) is 5.75 Å². The molecule has 0 saturated carbocycles. The van der Waals surface area contributed by atoms with Gasteiger partial charge in [-0.15, -0.1) is 13.2 Å². The van der Waals surface area contributed by atoms with E-state index in [1.54, 1.807) is 24.4 Å². The van der Waals surface area contributed by atoms with Crippen molar-refractivity contribution in [3.8, 4) is 5.75 Å². The van der Waals surface area contributed by atoms with Gasteiger partial charge in [0.15, 0.2) is 0 Å². The quantitative estimate of drug-likeness (QED) is 0.845. The van der Waals surface area contributed by atoms with E-state index >= 15 is 0 Å². The van der Waals surface area contributed by atoms with Crippen LogP contribution in [-0.4, -0.2) is 47.8 Å². The van der Waals surface area contributed by atoms with Crippen molar-refractivity contribution in [2.24, 2.45) is 5.73 Å². The smallest absolute Gasteiger partial charge is 0.406 e. The highest BCUT2D eigenvalue weighted by Gasteiger charge is 2.31. The van der Waals surface area contributed by atoms with Gasteiger partial charge >= 0.3 is 6.36 Å². The summed E-state index contributed by atoms with van der Waals surface area (Å²) in [6.45, 7) is 4.70. The van der Waals surface area contributed by atoms with E-state index in [1.165, 1.54) is 18.3 Å². The first-order valence-electron chi connectivity index (χ1n) is 8.80. The Balaban J connectivity index is 1.64. The van der Waals surface area contributed by atoms with Crippen LogP contribution in [0.4, 0.5) is 18.9 Å². The summed E-state index contributed by atoms with van der Waals surface area (Å²) in [7, 11) is 0. The average molecular weight is 394 g/mol. The van der Waals surface area contributed by atoms with Crippen molar-refractivity contribution >= 4 is 11.6 Å². The van der Waals surface area contributed by atoms with Crippen LogP contribution < -0.4 is 15.4 Å². The largest absolute Gasteiger partial charge is 0.573 e. The molecule has 2 heterocycles. The fourth-order valence-corrected chi connectivity index (χ4v) is 3.38. The standard InChI is InChI=1S/C19H21F3N4O2/c1-13-11-25(12-14-3-2-4-17(7-14)28-19(20,21)22)5-6-26(13)16-8-15(18(23)27)9-24-10-16/h2-4,7-10,13H,5-6,11-12H2,1H3,(H2,23,27). The van der Waals surface area contributed by atoms with Crippen LogP contribution >= 0.6 is 0 Å². The van der Waals surface area contributed by atoms with Crippen molar-refractivity contribution in [1.82, 2.24) is 9.88 Å². The van der Waals surface area contributed by atoms with E-state index in [0.29, 0.717) is 25.2 Å². The van der Waals surface area contributed by atoms with Crippen molar-refractivity contribution in [1.29, 1.82) is 0 Å². The molecule has 1 aliphatic rings. The van der Waals surface area contributed by atoms with Crippen LogP contribution in [0, 0.1) is 0 Å². The SMILES string of the molecule is CC1CN(Cc2cccc(OC(F)(F)F)c2)CCN1c1cncc(C(N)=O)c1. The molecule has 1 aliphatic heterocycles. The molecule has 1 aromatic carbocycles. The van der Waals surface area contributed by atoms with Crippen LogP contribution in [0.15, 0.2) is 42.7 Å². The summed E-state index contributed by atoms with van der Waals surface area (Å²) < 4.78 is 41.2. The van der Waals surface area contributed by atoms with Crippen LogP contribution in [0.3, 0.4) is 0 Å². The van der Waals surface area contributed by atoms with E-state index in [2.05, 4.69) is 19.5 Å². The summed E-state index contributed by atoms with van der Waals surface area (Å²) in [6.07, 6.45) is -1.58. The van der Waals surface area contributed by atoms with E-state index in [1.807, 2.05) is 6.92 Å². The van der Waals surface area contributed by atoms with Crippen molar-refractivity contribution < 1.29 is 22.7 Å². The fraction of sp³-hybridized carbons (Fsp3) is 0.368. The second-order valence-electron chi connectivity index (χ2n) is 6.77. The first kappa shape index (κ1) is 19.9. The van der Waals surface area contributed by atoms with E-state index in [4.69, 9.17) is 5.73 Å². The molecular formula is C19H21F3N4O2. The molecule has 0 bridgehead atoms. The number of nitrogens with zero attached hydrogens (tertiary/aromatic N) is 3. The number of rotatable bonds is 5. The van der Waals surface area contributed by atoms with E-state index in [-0.39, 0.29) is 11.8 Å².